The molecule has 1 heterocycles. The van der Waals surface area contributed by atoms with Crippen LogP contribution in [0.4, 0.5) is 5.69 Å². The number of thioether (sulfide) groups is 1. The Morgan fingerprint density at radius 1 is 1.07 bits per heavy atom. The number of fused-ring (bicyclic) bond motifs is 1. The van der Waals surface area contributed by atoms with E-state index in [9.17, 15) is 4.79 Å². The molecule has 0 aliphatic carbocycles. The Balaban J connectivity index is 1.60. The lowest BCUT2D eigenvalue weighted by Gasteiger charge is -2.10. The lowest BCUT2D eigenvalue weighted by Crippen LogP contribution is -2.14. The van der Waals surface area contributed by atoms with Crippen LogP contribution in [0.1, 0.15) is 5.56 Å². The Hall–Kier alpha value is -2.41. The quantitative estimate of drug-likeness (QED) is 0.244. The summed E-state index contributed by atoms with van der Waals surface area (Å²) in [6.07, 6.45) is 0. The van der Waals surface area contributed by atoms with Crippen LogP contribution in [0, 0.1) is 6.92 Å². The van der Waals surface area contributed by atoms with Crippen molar-refractivity contribution in [1.82, 2.24) is 9.97 Å². The van der Waals surface area contributed by atoms with Gasteiger partial charge in [0, 0.05) is 20.4 Å². The topological polar surface area (TPSA) is 54.9 Å². The van der Waals surface area contributed by atoms with Gasteiger partial charge in [0.2, 0.25) is 5.91 Å². The summed E-state index contributed by atoms with van der Waals surface area (Å²) in [6.45, 7) is 2.00. The smallest absolute Gasteiger partial charge is 0.234 e. The minimum Gasteiger partial charge on any atom is -0.324 e. The number of carbonyl (C=O) groups is 1. The van der Waals surface area contributed by atoms with Gasteiger partial charge in [-0.1, -0.05) is 59.8 Å². The van der Waals surface area contributed by atoms with Crippen molar-refractivity contribution in [1.29, 1.82) is 0 Å². The van der Waals surface area contributed by atoms with Gasteiger partial charge in [0.05, 0.1) is 17.0 Å². The zero-order valence-electron chi connectivity index (χ0n) is 16.0. The van der Waals surface area contributed by atoms with Gasteiger partial charge < -0.3 is 5.32 Å². The van der Waals surface area contributed by atoms with Crippen molar-refractivity contribution in [3.63, 3.8) is 0 Å². The molecule has 4 nitrogen and oxygen atoms in total. The summed E-state index contributed by atoms with van der Waals surface area (Å²) in [6, 6.07) is 21.1. The van der Waals surface area contributed by atoms with Gasteiger partial charge in [0.25, 0.3) is 0 Å². The van der Waals surface area contributed by atoms with Crippen LogP contribution in [-0.4, -0.2) is 21.6 Å². The normalized spacial score (nSPS) is 10.9. The first-order valence-corrected chi connectivity index (χ1v) is 11.4. The van der Waals surface area contributed by atoms with E-state index in [-0.39, 0.29) is 11.7 Å². The van der Waals surface area contributed by atoms with Crippen LogP contribution in [-0.2, 0) is 4.79 Å². The largest absolute Gasteiger partial charge is 0.324 e. The number of rotatable bonds is 5. The van der Waals surface area contributed by atoms with Gasteiger partial charge in [-0.2, -0.15) is 0 Å². The second kappa shape index (κ2) is 9.16. The Morgan fingerprint density at radius 2 is 1.87 bits per heavy atom. The van der Waals surface area contributed by atoms with Gasteiger partial charge in [0.15, 0.2) is 5.82 Å². The van der Waals surface area contributed by atoms with E-state index < -0.39 is 0 Å². The maximum Gasteiger partial charge on any atom is 0.234 e. The molecular weight excluding hydrogens is 482 g/mol. The number of anilines is 1. The van der Waals surface area contributed by atoms with Gasteiger partial charge in [-0.05, 0) is 58.7 Å². The summed E-state index contributed by atoms with van der Waals surface area (Å²) in [5, 5.41) is 5.09. The third kappa shape index (κ3) is 4.83. The van der Waals surface area contributed by atoms with E-state index in [1.807, 2.05) is 73.7 Å². The molecule has 1 aromatic heterocycles. The molecule has 0 fully saturated rings. The van der Waals surface area contributed by atoms with E-state index in [0.29, 0.717) is 10.8 Å². The standard InChI is InChI=1S/C23H17BrClN3OS/c1-14-7-9-20(18(24)11-14)26-21(29)13-30-23-17-12-16(25)8-10-19(17)27-22(28-23)15-5-3-2-4-6-15/h2-12H,13H2,1H3,(H,26,29). The predicted octanol–water partition coefficient (Wildman–Crippen LogP) is 6.75. The molecule has 0 saturated heterocycles. The number of aromatic nitrogens is 2. The van der Waals surface area contributed by atoms with Crippen molar-refractivity contribution in [2.75, 3.05) is 11.1 Å². The van der Waals surface area contributed by atoms with Crippen LogP contribution in [0.15, 0.2) is 76.2 Å². The molecule has 1 amide bonds. The SMILES string of the molecule is Cc1ccc(NC(=O)CSc2nc(-c3ccccc3)nc3ccc(Cl)cc23)c(Br)c1. The van der Waals surface area contributed by atoms with Crippen LogP contribution in [0.3, 0.4) is 0 Å². The molecule has 0 bridgehead atoms. The first kappa shape index (κ1) is 20.8. The summed E-state index contributed by atoms with van der Waals surface area (Å²) >= 11 is 11.1. The van der Waals surface area contributed by atoms with E-state index in [0.717, 1.165) is 37.2 Å². The van der Waals surface area contributed by atoms with Crippen molar-refractivity contribution in [3.05, 3.63) is 81.8 Å². The van der Waals surface area contributed by atoms with Gasteiger partial charge in [-0.25, -0.2) is 9.97 Å². The van der Waals surface area contributed by atoms with Gasteiger partial charge >= 0.3 is 0 Å². The lowest BCUT2D eigenvalue weighted by atomic mass is 10.2. The summed E-state index contributed by atoms with van der Waals surface area (Å²) in [7, 11) is 0. The Kier molecular flexibility index (Phi) is 6.37. The fourth-order valence-corrected chi connectivity index (χ4v) is 4.52. The van der Waals surface area contributed by atoms with E-state index >= 15 is 0 Å². The first-order valence-electron chi connectivity index (χ1n) is 9.21. The summed E-state index contributed by atoms with van der Waals surface area (Å²) in [5.74, 6) is 0.724. The van der Waals surface area contributed by atoms with Crippen molar-refractivity contribution < 1.29 is 4.79 Å². The van der Waals surface area contributed by atoms with Gasteiger partial charge in [0.1, 0.15) is 5.03 Å². The molecule has 150 valence electrons. The number of nitrogens with one attached hydrogen (secondary N) is 1. The number of benzene rings is 3. The Labute approximate surface area is 192 Å². The zero-order valence-corrected chi connectivity index (χ0v) is 19.2. The summed E-state index contributed by atoms with van der Waals surface area (Å²) in [5.41, 5.74) is 3.57. The van der Waals surface area contributed by atoms with Crippen molar-refractivity contribution in [2.45, 2.75) is 11.9 Å². The highest BCUT2D eigenvalue weighted by atomic mass is 79.9. The summed E-state index contributed by atoms with van der Waals surface area (Å²) < 4.78 is 0.853. The molecule has 1 N–H and O–H groups in total. The molecule has 7 heteroatoms. The number of hydrogen-bond donors (Lipinski definition) is 1. The Bertz CT molecular complexity index is 1230. The molecule has 3 aromatic carbocycles. The third-order valence-electron chi connectivity index (χ3n) is 4.39. The number of carbonyl (C=O) groups excluding carboxylic acids is 1. The predicted molar refractivity (Wildman–Crippen MR) is 128 cm³/mol. The summed E-state index contributed by atoms with van der Waals surface area (Å²) in [4.78, 5) is 22.0. The van der Waals surface area contributed by atoms with Crippen LogP contribution < -0.4 is 5.32 Å². The molecule has 0 radical (unpaired) electrons. The van der Waals surface area contributed by atoms with Gasteiger partial charge in [-0.15, -0.1) is 0 Å². The molecule has 0 spiro atoms. The van der Waals surface area contributed by atoms with Crippen LogP contribution >= 0.6 is 39.3 Å². The zero-order chi connectivity index (χ0) is 21.1. The van der Waals surface area contributed by atoms with E-state index in [4.69, 9.17) is 16.6 Å². The molecule has 4 aromatic rings. The number of nitrogens with zero attached hydrogens (tertiary/aromatic N) is 2. The number of halogens is 2. The number of aryl methyl sites for hydroxylation is 1. The molecule has 4 rings (SSSR count). The maximum absolute atomic E-state index is 12.6. The Morgan fingerprint density at radius 3 is 2.63 bits per heavy atom. The average Bonchev–Trinajstić information content (AvgIpc) is 2.74. The van der Waals surface area contributed by atoms with E-state index in [2.05, 4.69) is 26.2 Å². The minimum atomic E-state index is -0.111. The highest BCUT2D eigenvalue weighted by Crippen LogP contribution is 2.31. The molecule has 0 unspecified atom stereocenters. The first-order chi connectivity index (χ1) is 14.5. The molecular formula is C23H17BrClN3OS. The van der Waals surface area contributed by atoms with Gasteiger partial charge in [-0.3, -0.25) is 4.79 Å². The molecule has 0 saturated carbocycles. The maximum atomic E-state index is 12.6. The van der Waals surface area contributed by atoms with Crippen LogP contribution in [0.2, 0.25) is 5.02 Å². The van der Waals surface area contributed by atoms with Crippen molar-refractivity contribution in [2.24, 2.45) is 0 Å². The van der Waals surface area contributed by atoms with E-state index in [1.54, 1.807) is 0 Å². The fraction of sp³-hybridized carbons (Fsp3) is 0.0870. The molecule has 0 atom stereocenters. The van der Waals surface area contributed by atoms with Crippen LogP contribution in [0.5, 0.6) is 0 Å². The van der Waals surface area contributed by atoms with Crippen LogP contribution in [0.25, 0.3) is 22.3 Å². The monoisotopic (exact) mass is 497 g/mol. The number of hydrogen-bond acceptors (Lipinski definition) is 4. The lowest BCUT2D eigenvalue weighted by molar-refractivity contribution is -0.113. The fourth-order valence-electron chi connectivity index (χ4n) is 2.94. The number of amides is 1. The highest BCUT2D eigenvalue weighted by Gasteiger charge is 2.13. The van der Waals surface area contributed by atoms with Crippen molar-refractivity contribution in [3.8, 4) is 11.4 Å². The second-order valence-corrected chi connectivity index (χ2v) is 8.95. The molecule has 0 aliphatic rings. The second-order valence-electron chi connectivity index (χ2n) is 6.70. The van der Waals surface area contributed by atoms with E-state index in [1.165, 1.54) is 11.8 Å². The minimum absolute atomic E-state index is 0.111. The molecule has 30 heavy (non-hydrogen) atoms. The molecule has 0 aliphatic heterocycles. The average molecular weight is 499 g/mol. The highest BCUT2D eigenvalue weighted by molar-refractivity contribution is 9.10. The van der Waals surface area contributed by atoms with Crippen molar-refractivity contribution >= 4 is 61.8 Å². The third-order valence-corrected chi connectivity index (χ3v) is 6.28.